The number of rotatable bonds is 3. The van der Waals surface area contributed by atoms with Crippen LogP contribution in [0.2, 0.25) is 0 Å². The summed E-state index contributed by atoms with van der Waals surface area (Å²) >= 11 is 0. The number of nitrogens with one attached hydrogen (secondary N) is 2. The van der Waals surface area contributed by atoms with Crippen LogP contribution in [0, 0.1) is 0 Å². The second-order valence-electron chi connectivity index (χ2n) is 4.40. The predicted molar refractivity (Wildman–Crippen MR) is 75.9 cm³/mol. The third kappa shape index (κ3) is 2.37. The summed E-state index contributed by atoms with van der Waals surface area (Å²) in [6.45, 7) is 0.828. The van der Waals surface area contributed by atoms with Crippen molar-refractivity contribution in [3.05, 3.63) is 36.0 Å². The van der Waals surface area contributed by atoms with Crippen LogP contribution in [0.4, 0.5) is 17.5 Å². The van der Waals surface area contributed by atoms with Gasteiger partial charge in [-0.1, -0.05) is 0 Å². The fraction of sp³-hybridized carbons (Fsp3) is 0.167. The fourth-order valence-corrected chi connectivity index (χ4v) is 3.13. The SMILES string of the molecule is Nc1nccc(NS(=O)(=O)c2ccc3c(c2)CCN3)n1. The first-order chi connectivity index (χ1) is 9.54. The molecule has 0 spiro atoms. The second-order valence-corrected chi connectivity index (χ2v) is 6.08. The van der Waals surface area contributed by atoms with Gasteiger partial charge in [0, 0.05) is 18.4 Å². The van der Waals surface area contributed by atoms with Gasteiger partial charge in [-0.25, -0.2) is 13.4 Å². The van der Waals surface area contributed by atoms with Crippen LogP contribution >= 0.6 is 0 Å². The summed E-state index contributed by atoms with van der Waals surface area (Å²) in [5, 5.41) is 3.18. The molecule has 2 aromatic rings. The van der Waals surface area contributed by atoms with Crippen molar-refractivity contribution in [3.8, 4) is 0 Å². The third-order valence-electron chi connectivity index (χ3n) is 3.01. The topological polar surface area (TPSA) is 110 Å². The number of nitrogen functional groups attached to an aromatic ring is 1. The van der Waals surface area contributed by atoms with Gasteiger partial charge < -0.3 is 11.1 Å². The fourth-order valence-electron chi connectivity index (χ4n) is 2.08. The molecule has 1 aromatic heterocycles. The van der Waals surface area contributed by atoms with Crippen molar-refractivity contribution in [2.24, 2.45) is 0 Å². The Balaban J connectivity index is 1.92. The Bertz CT molecular complexity index is 760. The molecule has 8 heteroatoms. The van der Waals surface area contributed by atoms with Crippen molar-refractivity contribution in [1.82, 2.24) is 9.97 Å². The molecular weight excluding hydrogens is 278 g/mol. The number of nitrogens with two attached hydrogens (primary N) is 1. The van der Waals surface area contributed by atoms with Crippen molar-refractivity contribution >= 4 is 27.5 Å². The van der Waals surface area contributed by atoms with Crippen LogP contribution < -0.4 is 15.8 Å². The maximum absolute atomic E-state index is 12.3. The summed E-state index contributed by atoms with van der Waals surface area (Å²) in [7, 11) is -3.68. The number of aromatic nitrogens is 2. The Morgan fingerprint density at radius 2 is 2.15 bits per heavy atom. The number of nitrogens with zero attached hydrogens (tertiary/aromatic N) is 2. The highest BCUT2D eigenvalue weighted by atomic mass is 32.2. The minimum Gasteiger partial charge on any atom is -0.384 e. The first kappa shape index (κ1) is 12.7. The van der Waals surface area contributed by atoms with Crippen molar-refractivity contribution in [1.29, 1.82) is 0 Å². The van der Waals surface area contributed by atoms with Gasteiger partial charge in [-0.2, -0.15) is 4.98 Å². The van der Waals surface area contributed by atoms with E-state index >= 15 is 0 Å². The van der Waals surface area contributed by atoms with Gasteiger partial charge in [-0.15, -0.1) is 0 Å². The Labute approximate surface area is 116 Å². The number of benzene rings is 1. The van der Waals surface area contributed by atoms with Gasteiger partial charge in [0.2, 0.25) is 5.95 Å². The van der Waals surface area contributed by atoms with E-state index in [2.05, 4.69) is 20.0 Å². The number of sulfonamides is 1. The van der Waals surface area contributed by atoms with E-state index in [1.807, 2.05) is 0 Å². The molecule has 2 heterocycles. The van der Waals surface area contributed by atoms with Crippen LogP contribution in [0.15, 0.2) is 35.4 Å². The van der Waals surface area contributed by atoms with E-state index in [-0.39, 0.29) is 16.7 Å². The van der Waals surface area contributed by atoms with Crippen molar-refractivity contribution in [3.63, 3.8) is 0 Å². The quantitative estimate of drug-likeness (QED) is 0.772. The molecule has 0 unspecified atom stereocenters. The van der Waals surface area contributed by atoms with E-state index in [9.17, 15) is 8.42 Å². The molecule has 4 N–H and O–H groups in total. The van der Waals surface area contributed by atoms with E-state index in [0.29, 0.717) is 0 Å². The van der Waals surface area contributed by atoms with E-state index in [1.54, 1.807) is 18.2 Å². The van der Waals surface area contributed by atoms with Gasteiger partial charge >= 0.3 is 0 Å². The molecule has 104 valence electrons. The maximum atomic E-state index is 12.3. The van der Waals surface area contributed by atoms with Crippen molar-refractivity contribution in [2.75, 3.05) is 22.3 Å². The third-order valence-corrected chi connectivity index (χ3v) is 4.36. The zero-order valence-corrected chi connectivity index (χ0v) is 11.3. The largest absolute Gasteiger partial charge is 0.384 e. The van der Waals surface area contributed by atoms with Gasteiger partial charge in [0.25, 0.3) is 10.0 Å². The minimum absolute atomic E-state index is 0.0170. The van der Waals surface area contributed by atoms with Crippen LogP contribution in [0.25, 0.3) is 0 Å². The van der Waals surface area contributed by atoms with E-state index in [0.717, 1.165) is 24.2 Å². The average Bonchev–Trinajstić information content (AvgIpc) is 2.85. The standard InChI is InChI=1S/C12H13N5O2S/c13-12-15-6-4-11(16-12)17-20(18,19)9-1-2-10-8(7-9)3-5-14-10/h1-2,4,6-7,14H,3,5H2,(H3,13,15,16,17). The first-order valence-electron chi connectivity index (χ1n) is 6.03. The molecule has 3 rings (SSSR count). The van der Waals surface area contributed by atoms with Gasteiger partial charge in [0.05, 0.1) is 4.90 Å². The molecule has 0 aliphatic carbocycles. The molecular formula is C12H13N5O2S. The molecule has 0 saturated carbocycles. The lowest BCUT2D eigenvalue weighted by molar-refractivity contribution is 0.601. The monoisotopic (exact) mass is 291 g/mol. The Kier molecular flexibility index (Phi) is 2.94. The average molecular weight is 291 g/mol. The first-order valence-corrected chi connectivity index (χ1v) is 7.51. The molecule has 0 fully saturated rings. The van der Waals surface area contributed by atoms with Gasteiger partial charge in [-0.3, -0.25) is 4.72 Å². The lowest BCUT2D eigenvalue weighted by atomic mass is 10.2. The molecule has 0 radical (unpaired) electrons. The number of hydrogen-bond acceptors (Lipinski definition) is 6. The zero-order valence-electron chi connectivity index (χ0n) is 10.5. The summed E-state index contributed by atoms with van der Waals surface area (Å²) in [5.74, 6) is 0.166. The molecule has 0 amide bonds. The van der Waals surface area contributed by atoms with Gasteiger partial charge in [0.15, 0.2) is 0 Å². The smallest absolute Gasteiger partial charge is 0.263 e. The normalized spacial score (nSPS) is 13.6. The molecule has 1 aliphatic heterocycles. The van der Waals surface area contributed by atoms with Crippen molar-refractivity contribution in [2.45, 2.75) is 11.3 Å². The molecule has 0 atom stereocenters. The van der Waals surface area contributed by atoms with Crippen molar-refractivity contribution < 1.29 is 8.42 Å². The number of hydrogen-bond donors (Lipinski definition) is 3. The van der Waals surface area contributed by atoms with E-state index in [4.69, 9.17) is 5.73 Å². The summed E-state index contributed by atoms with van der Waals surface area (Å²) in [4.78, 5) is 7.74. The molecule has 1 aliphatic rings. The minimum atomic E-state index is -3.68. The molecule has 1 aromatic carbocycles. The molecule has 0 saturated heterocycles. The predicted octanol–water partition coefficient (Wildman–Crippen LogP) is 0.828. The molecule has 20 heavy (non-hydrogen) atoms. The summed E-state index contributed by atoms with van der Waals surface area (Å²) in [6.07, 6.45) is 2.21. The number of anilines is 3. The highest BCUT2D eigenvalue weighted by molar-refractivity contribution is 7.92. The van der Waals surface area contributed by atoms with E-state index in [1.165, 1.54) is 12.3 Å². The van der Waals surface area contributed by atoms with Crippen LogP contribution in [-0.2, 0) is 16.4 Å². The Hall–Kier alpha value is -2.35. The van der Waals surface area contributed by atoms with Crippen LogP contribution in [0.5, 0.6) is 0 Å². The van der Waals surface area contributed by atoms with Crippen LogP contribution in [0.1, 0.15) is 5.56 Å². The molecule has 0 bridgehead atoms. The number of fused-ring (bicyclic) bond motifs is 1. The zero-order chi connectivity index (χ0) is 14.2. The second kappa shape index (κ2) is 4.64. The highest BCUT2D eigenvalue weighted by Gasteiger charge is 2.18. The van der Waals surface area contributed by atoms with E-state index < -0.39 is 10.0 Å². The Morgan fingerprint density at radius 3 is 2.95 bits per heavy atom. The summed E-state index contributed by atoms with van der Waals surface area (Å²) < 4.78 is 26.9. The highest BCUT2D eigenvalue weighted by Crippen LogP contribution is 2.25. The summed E-state index contributed by atoms with van der Waals surface area (Å²) in [6, 6.07) is 6.44. The van der Waals surface area contributed by atoms with Gasteiger partial charge in [0.1, 0.15) is 5.82 Å². The molecule has 7 nitrogen and oxygen atoms in total. The van der Waals surface area contributed by atoms with Crippen LogP contribution in [-0.4, -0.2) is 24.9 Å². The van der Waals surface area contributed by atoms with Crippen LogP contribution in [0.3, 0.4) is 0 Å². The van der Waals surface area contributed by atoms with Gasteiger partial charge in [-0.05, 0) is 36.2 Å². The lowest BCUT2D eigenvalue weighted by Crippen LogP contribution is -2.14. The Morgan fingerprint density at radius 1 is 1.30 bits per heavy atom. The lowest BCUT2D eigenvalue weighted by Gasteiger charge is -2.08. The maximum Gasteiger partial charge on any atom is 0.263 e. The summed E-state index contributed by atoms with van der Waals surface area (Å²) in [5.41, 5.74) is 7.40.